The van der Waals surface area contributed by atoms with Crippen LogP contribution in [0.5, 0.6) is 5.88 Å². The van der Waals surface area contributed by atoms with Crippen molar-refractivity contribution in [3.8, 4) is 5.88 Å². The van der Waals surface area contributed by atoms with Crippen LogP contribution in [0.25, 0.3) is 11.0 Å². The molecule has 0 radical (unpaired) electrons. The Morgan fingerprint density at radius 2 is 2.04 bits per heavy atom. The summed E-state index contributed by atoms with van der Waals surface area (Å²) in [4.78, 5) is 34.4. The topological polar surface area (TPSA) is 87.3 Å². The standard InChI is InChI=1S/C21H26N4O3/c1-13-7-5-6-8-14(13)11-18(21(27)25(2)3)24-20(26)17-12-16-15(22-17)9-10-19(23-16)28-4/h5-10,12-14,18,22H,11H2,1-4H3,(H,24,26)/t13?,14?,18-/m0/s1. The van der Waals surface area contributed by atoms with E-state index < -0.39 is 6.04 Å². The third-order valence-electron chi connectivity index (χ3n) is 5.01. The van der Waals surface area contributed by atoms with Gasteiger partial charge in [0.25, 0.3) is 5.91 Å². The largest absolute Gasteiger partial charge is 0.481 e. The van der Waals surface area contributed by atoms with Crippen molar-refractivity contribution in [3.05, 3.63) is 48.2 Å². The number of allylic oxidation sites excluding steroid dienone is 4. The smallest absolute Gasteiger partial charge is 0.268 e. The number of pyridine rings is 1. The van der Waals surface area contributed by atoms with Crippen molar-refractivity contribution in [2.45, 2.75) is 19.4 Å². The van der Waals surface area contributed by atoms with Crippen LogP contribution in [0.15, 0.2) is 42.5 Å². The number of hydrogen-bond donors (Lipinski definition) is 2. The van der Waals surface area contributed by atoms with E-state index in [1.54, 1.807) is 39.4 Å². The number of carbonyl (C=O) groups is 2. The molecule has 2 amide bonds. The number of ether oxygens (including phenoxy) is 1. The van der Waals surface area contributed by atoms with E-state index in [9.17, 15) is 9.59 Å². The van der Waals surface area contributed by atoms with Crippen LogP contribution in [-0.4, -0.2) is 53.9 Å². The molecule has 1 aliphatic carbocycles. The second-order valence-electron chi connectivity index (χ2n) is 7.26. The maximum atomic E-state index is 12.8. The van der Waals surface area contributed by atoms with Crippen LogP contribution in [-0.2, 0) is 4.79 Å². The fraction of sp³-hybridized carbons (Fsp3) is 0.381. The number of hydrogen-bond acceptors (Lipinski definition) is 4. The minimum atomic E-state index is -0.611. The summed E-state index contributed by atoms with van der Waals surface area (Å²) in [7, 11) is 4.93. The summed E-state index contributed by atoms with van der Waals surface area (Å²) < 4.78 is 5.12. The van der Waals surface area contributed by atoms with Gasteiger partial charge in [0.1, 0.15) is 11.7 Å². The van der Waals surface area contributed by atoms with Gasteiger partial charge in [0.05, 0.1) is 18.1 Å². The first-order valence-corrected chi connectivity index (χ1v) is 9.30. The molecular weight excluding hydrogens is 356 g/mol. The van der Waals surface area contributed by atoms with Crippen LogP contribution in [0.4, 0.5) is 0 Å². The Labute approximate surface area is 164 Å². The van der Waals surface area contributed by atoms with Gasteiger partial charge in [-0.1, -0.05) is 31.2 Å². The van der Waals surface area contributed by atoms with Gasteiger partial charge in [0, 0.05) is 20.2 Å². The molecule has 2 aromatic rings. The predicted molar refractivity (Wildman–Crippen MR) is 108 cm³/mol. The number of nitrogens with zero attached hydrogens (tertiary/aromatic N) is 2. The summed E-state index contributed by atoms with van der Waals surface area (Å²) >= 11 is 0. The fourth-order valence-electron chi connectivity index (χ4n) is 3.32. The molecular formula is C21H26N4O3. The summed E-state index contributed by atoms with van der Waals surface area (Å²) in [5, 5.41) is 2.89. The normalized spacial score (nSPS) is 19.4. The van der Waals surface area contributed by atoms with Crippen LogP contribution in [0, 0.1) is 11.8 Å². The van der Waals surface area contributed by atoms with Gasteiger partial charge in [-0.25, -0.2) is 4.98 Å². The van der Waals surface area contributed by atoms with Gasteiger partial charge in [0.15, 0.2) is 0 Å². The molecule has 7 nitrogen and oxygen atoms in total. The molecule has 7 heteroatoms. The Balaban J connectivity index is 1.79. The number of aromatic amines is 1. The number of amides is 2. The average Bonchev–Trinajstić information content (AvgIpc) is 3.11. The highest BCUT2D eigenvalue weighted by Crippen LogP contribution is 2.24. The highest BCUT2D eigenvalue weighted by molar-refractivity contribution is 5.99. The van der Waals surface area contributed by atoms with E-state index in [0.29, 0.717) is 29.4 Å². The quantitative estimate of drug-likeness (QED) is 0.804. The summed E-state index contributed by atoms with van der Waals surface area (Å²) in [6, 6.07) is 4.58. The number of aromatic nitrogens is 2. The van der Waals surface area contributed by atoms with Gasteiger partial charge in [-0.15, -0.1) is 0 Å². The minimum absolute atomic E-state index is 0.126. The lowest BCUT2D eigenvalue weighted by Crippen LogP contribution is -2.47. The second kappa shape index (κ2) is 8.29. The third kappa shape index (κ3) is 4.24. The van der Waals surface area contributed by atoms with Crippen molar-refractivity contribution in [1.29, 1.82) is 0 Å². The molecule has 148 valence electrons. The van der Waals surface area contributed by atoms with Crippen molar-refractivity contribution in [2.75, 3.05) is 21.2 Å². The number of H-pyrrole nitrogens is 1. The van der Waals surface area contributed by atoms with Gasteiger partial charge in [-0.05, 0) is 30.4 Å². The maximum Gasteiger partial charge on any atom is 0.268 e. The number of methoxy groups -OCH3 is 1. The molecule has 0 saturated heterocycles. The lowest BCUT2D eigenvalue weighted by Gasteiger charge is -2.27. The average molecular weight is 382 g/mol. The van der Waals surface area contributed by atoms with Crippen molar-refractivity contribution in [3.63, 3.8) is 0 Å². The number of nitrogens with one attached hydrogen (secondary N) is 2. The van der Waals surface area contributed by atoms with Crippen molar-refractivity contribution in [2.24, 2.45) is 11.8 Å². The van der Waals surface area contributed by atoms with Gasteiger partial charge >= 0.3 is 0 Å². The van der Waals surface area contributed by atoms with Crippen molar-refractivity contribution in [1.82, 2.24) is 20.2 Å². The van der Waals surface area contributed by atoms with Gasteiger partial charge in [-0.3, -0.25) is 9.59 Å². The second-order valence-corrected chi connectivity index (χ2v) is 7.26. The number of fused-ring (bicyclic) bond motifs is 1. The predicted octanol–water partition coefficient (Wildman–Crippen LogP) is 2.53. The lowest BCUT2D eigenvalue weighted by atomic mass is 9.84. The third-order valence-corrected chi connectivity index (χ3v) is 5.01. The summed E-state index contributed by atoms with van der Waals surface area (Å²) in [6.07, 6.45) is 8.73. The van der Waals surface area contributed by atoms with E-state index in [1.807, 2.05) is 12.2 Å². The molecule has 3 atom stereocenters. The van der Waals surface area contributed by atoms with E-state index in [0.717, 1.165) is 5.52 Å². The first-order valence-electron chi connectivity index (χ1n) is 9.30. The SMILES string of the molecule is COc1ccc2[nH]c(C(=O)N[C@@H](CC3C=CC=CC3C)C(=O)N(C)C)cc2n1. The van der Waals surface area contributed by atoms with Crippen LogP contribution >= 0.6 is 0 Å². The summed E-state index contributed by atoms with van der Waals surface area (Å²) in [5.41, 5.74) is 1.73. The molecule has 0 aromatic carbocycles. The summed E-state index contributed by atoms with van der Waals surface area (Å²) in [5.74, 6) is 0.516. The molecule has 0 saturated carbocycles. The molecule has 2 unspecified atom stereocenters. The zero-order valence-corrected chi connectivity index (χ0v) is 16.6. The Morgan fingerprint density at radius 3 is 2.71 bits per heavy atom. The number of likely N-dealkylation sites (N-methyl/N-ethyl adjacent to an activating group) is 1. The van der Waals surface area contributed by atoms with Gasteiger partial charge < -0.3 is 19.9 Å². The van der Waals surface area contributed by atoms with E-state index in [2.05, 4.69) is 34.4 Å². The van der Waals surface area contributed by atoms with Crippen molar-refractivity contribution >= 4 is 22.8 Å². The van der Waals surface area contributed by atoms with Crippen LogP contribution in [0.3, 0.4) is 0 Å². The Morgan fingerprint density at radius 1 is 1.29 bits per heavy atom. The van der Waals surface area contributed by atoms with Crippen LogP contribution in [0.1, 0.15) is 23.8 Å². The Hall–Kier alpha value is -3.09. The van der Waals surface area contributed by atoms with E-state index in [-0.39, 0.29) is 17.7 Å². The minimum Gasteiger partial charge on any atom is -0.481 e. The number of carbonyl (C=O) groups excluding carboxylic acids is 2. The summed E-state index contributed by atoms with van der Waals surface area (Å²) in [6.45, 7) is 2.11. The Kier molecular flexibility index (Phi) is 5.82. The maximum absolute atomic E-state index is 12.8. The molecule has 1 aliphatic rings. The van der Waals surface area contributed by atoms with Crippen LogP contribution in [0.2, 0.25) is 0 Å². The highest BCUT2D eigenvalue weighted by atomic mass is 16.5. The first-order chi connectivity index (χ1) is 13.4. The van der Waals surface area contributed by atoms with E-state index >= 15 is 0 Å². The Bertz CT molecular complexity index is 929. The molecule has 2 N–H and O–H groups in total. The molecule has 0 spiro atoms. The van der Waals surface area contributed by atoms with Crippen molar-refractivity contribution < 1.29 is 14.3 Å². The fourth-order valence-corrected chi connectivity index (χ4v) is 3.32. The molecule has 0 bridgehead atoms. The number of rotatable bonds is 6. The zero-order valence-electron chi connectivity index (χ0n) is 16.6. The highest BCUT2D eigenvalue weighted by Gasteiger charge is 2.28. The van der Waals surface area contributed by atoms with Gasteiger partial charge in [-0.2, -0.15) is 0 Å². The first kappa shape index (κ1) is 19.7. The molecule has 2 heterocycles. The van der Waals surface area contributed by atoms with E-state index in [1.165, 1.54) is 4.90 Å². The zero-order chi connectivity index (χ0) is 20.3. The monoisotopic (exact) mass is 382 g/mol. The molecule has 3 rings (SSSR count). The molecule has 0 fully saturated rings. The molecule has 2 aromatic heterocycles. The van der Waals surface area contributed by atoms with Gasteiger partial charge in [0.2, 0.25) is 11.8 Å². The van der Waals surface area contributed by atoms with Crippen LogP contribution < -0.4 is 10.1 Å². The van der Waals surface area contributed by atoms with E-state index in [4.69, 9.17) is 4.74 Å². The molecule has 28 heavy (non-hydrogen) atoms. The lowest BCUT2D eigenvalue weighted by molar-refractivity contribution is -0.131. The molecule has 0 aliphatic heterocycles.